The smallest absolute Gasteiger partial charge is 0.253 e. The SMILES string of the molecule is Cc1ccc(Cl)cc1N1CCN([C@H](c2cc3cccc(C)c3[nH]c2=O)c2nnnn2Cc2ccccc2)CC1. The Morgan fingerprint density at radius 2 is 1.72 bits per heavy atom. The zero-order valence-corrected chi connectivity index (χ0v) is 22.8. The van der Waals surface area contributed by atoms with E-state index in [4.69, 9.17) is 11.6 Å². The van der Waals surface area contributed by atoms with Crippen LogP contribution in [0.5, 0.6) is 0 Å². The van der Waals surface area contributed by atoms with Crippen LogP contribution in [0.3, 0.4) is 0 Å². The van der Waals surface area contributed by atoms with E-state index < -0.39 is 6.04 Å². The maximum Gasteiger partial charge on any atom is 0.253 e. The van der Waals surface area contributed by atoms with E-state index >= 15 is 0 Å². The lowest BCUT2D eigenvalue weighted by Crippen LogP contribution is -2.49. The number of rotatable bonds is 6. The van der Waals surface area contributed by atoms with Crippen molar-refractivity contribution in [1.82, 2.24) is 30.1 Å². The van der Waals surface area contributed by atoms with Crippen LogP contribution in [0.25, 0.3) is 10.9 Å². The number of pyridine rings is 1. The third-order valence-corrected chi connectivity index (χ3v) is 7.82. The van der Waals surface area contributed by atoms with Crippen LogP contribution in [0.4, 0.5) is 5.69 Å². The molecule has 198 valence electrons. The highest BCUT2D eigenvalue weighted by Gasteiger charge is 2.33. The molecule has 1 saturated heterocycles. The highest BCUT2D eigenvalue weighted by Crippen LogP contribution is 2.31. The summed E-state index contributed by atoms with van der Waals surface area (Å²) < 4.78 is 1.81. The van der Waals surface area contributed by atoms with Gasteiger partial charge in [-0.3, -0.25) is 9.69 Å². The molecule has 2 aromatic heterocycles. The quantitative estimate of drug-likeness (QED) is 0.335. The fraction of sp³-hybridized carbons (Fsp3) is 0.267. The number of nitrogens with one attached hydrogen (secondary N) is 1. The number of hydrogen-bond donors (Lipinski definition) is 1. The van der Waals surface area contributed by atoms with Gasteiger partial charge < -0.3 is 9.88 Å². The van der Waals surface area contributed by atoms with Crippen molar-refractivity contribution < 1.29 is 0 Å². The van der Waals surface area contributed by atoms with E-state index in [1.165, 1.54) is 5.56 Å². The zero-order valence-electron chi connectivity index (χ0n) is 22.0. The Hall–Kier alpha value is -4.01. The molecule has 1 aliphatic heterocycles. The average Bonchev–Trinajstić information content (AvgIpc) is 3.39. The molecule has 0 saturated carbocycles. The Morgan fingerprint density at radius 3 is 2.51 bits per heavy atom. The van der Waals surface area contributed by atoms with E-state index in [1.807, 2.05) is 66.2 Å². The first kappa shape index (κ1) is 25.3. The van der Waals surface area contributed by atoms with E-state index in [2.05, 4.69) is 55.4 Å². The lowest BCUT2D eigenvalue weighted by Gasteiger charge is -2.40. The van der Waals surface area contributed by atoms with Gasteiger partial charge in [0.05, 0.1) is 12.1 Å². The molecule has 1 fully saturated rings. The molecule has 3 heterocycles. The highest BCUT2D eigenvalue weighted by atomic mass is 35.5. The maximum atomic E-state index is 13.6. The van der Waals surface area contributed by atoms with Crippen LogP contribution >= 0.6 is 11.6 Å². The first-order chi connectivity index (χ1) is 19.0. The monoisotopic (exact) mass is 539 g/mol. The van der Waals surface area contributed by atoms with Gasteiger partial charge in [-0.05, 0) is 64.5 Å². The molecule has 3 aromatic carbocycles. The van der Waals surface area contributed by atoms with Gasteiger partial charge in [0.1, 0.15) is 6.04 Å². The van der Waals surface area contributed by atoms with Crippen molar-refractivity contribution >= 4 is 28.2 Å². The second-order valence-corrected chi connectivity index (χ2v) is 10.6. The van der Waals surface area contributed by atoms with Gasteiger partial charge in [0, 0.05) is 42.5 Å². The number of hydrogen-bond acceptors (Lipinski definition) is 6. The van der Waals surface area contributed by atoms with Crippen LogP contribution in [-0.4, -0.2) is 56.3 Å². The molecule has 0 radical (unpaired) electrons. The lowest BCUT2D eigenvalue weighted by molar-refractivity contribution is 0.200. The summed E-state index contributed by atoms with van der Waals surface area (Å²) in [5.41, 5.74) is 5.84. The topological polar surface area (TPSA) is 82.9 Å². The summed E-state index contributed by atoms with van der Waals surface area (Å²) in [5, 5.41) is 14.6. The Bertz CT molecular complexity index is 1670. The minimum atomic E-state index is -0.403. The van der Waals surface area contributed by atoms with Crippen molar-refractivity contribution in [3.8, 4) is 0 Å². The van der Waals surface area contributed by atoms with Gasteiger partial charge in [0.25, 0.3) is 5.56 Å². The predicted octanol–water partition coefficient (Wildman–Crippen LogP) is 4.74. The molecule has 0 unspecified atom stereocenters. The number of H-pyrrole nitrogens is 1. The van der Waals surface area contributed by atoms with E-state index in [9.17, 15) is 4.79 Å². The number of tetrazole rings is 1. The zero-order chi connectivity index (χ0) is 26.9. The third kappa shape index (κ3) is 5.05. The van der Waals surface area contributed by atoms with Gasteiger partial charge in [-0.1, -0.05) is 66.2 Å². The first-order valence-corrected chi connectivity index (χ1v) is 13.5. The molecule has 8 nitrogen and oxygen atoms in total. The van der Waals surface area contributed by atoms with E-state index in [0.29, 0.717) is 17.9 Å². The van der Waals surface area contributed by atoms with Crippen molar-refractivity contribution in [1.29, 1.82) is 0 Å². The molecular formula is C30H30ClN7O. The summed E-state index contributed by atoms with van der Waals surface area (Å²) in [6.45, 7) is 7.69. The summed E-state index contributed by atoms with van der Waals surface area (Å²) >= 11 is 6.32. The summed E-state index contributed by atoms with van der Waals surface area (Å²) in [4.78, 5) is 21.4. The predicted molar refractivity (Wildman–Crippen MR) is 154 cm³/mol. The van der Waals surface area contributed by atoms with Crippen LogP contribution in [0.2, 0.25) is 5.02 Å². The summed E-state index contributed by atoms with van der Waals surface area (Å²) in [7, 11) is 0. The van der Waals surface area contributed by atoms with Crippen molar-refractivity contribution in [3.05, 3.63) is 116 Å². The average molecular weight is 540 g/mol. The Morgan fingerprint density at radius 1 is 0.923 bits per heavy atom. The van der Waals surface area contributed by atoms with Crippen LogP contribution in [-0.2, 0) is 6.54 Å². The van der Waals surface area contributed by atoms with E-state index in [-0.39, 0.29) is 5.56 Å². The number of aromatic amines is 1. The lowest BCUT2D eigenvalue weighted by atomic mass is 10.0. The van der Waals surface area contributed by atoms with Crippen molar-refractivity contribution in [2.45, 2.75) is 26.4 Å². The number of aryl methyl sites for hydroxylation is 2. The van der Waals surface area contributed by atoms with Crippen LogP contribution in [0, 0.1) is 13.8 Å². The number of benzene rings is 3. The van der Waals surface area contributed by atoms with Gasteiger partial charge in [0.2, 0.25) is 0 Å². The second kappa shape index (κ2) is 10.6. The molecule has 39 heavy (non-hydrogen) atoms. The number of anilines is 1. The number of halogens is 1. The van der Waals surface area contributed by atoms with Gasteiger partial charge in [0.15, 0.2) is 5.82 Å². The van der Waals surface area contributed by atoms with Gasteiger partial charge in [-0.15, -0.1) is 5.10 Å². The number of piperazine rings is 1. The number of fused-ring (bicyclic) bond motifs is 1. The number of para-hydroxylation sites is 1. The summed E-state index contributed by atoms with van der Waals surface area (Å²) in [5.74, 6) is 0.656. The molecule has 6 rings (SSSR count). The molecule has 0 spiro atoms. The Kier molecular flexibility index (Phi) is 6.89. The van der Waals surface area contributed by atoms with Crippen LogP contribution in [0.1, 0.15) is 34.1 Å². The Balaban J connectivity index is 1.39. The molecule has 1 atom stereocenters. The van der Waals surface area contributed by atoms with E-state index in [1.54, 1.807) is 0 Å². The first-order valence-electron chi connectivity index (χ1n) is 13.2. The normalized spacial score (nSPS) is 15.1. The third-order valence-electron chi connectivity index (χ3n) is 7.58. The molecule has 5 aromatic rings. The Labute approximate surface area is 231 Å². The highest BCUT2D eigenvalue weighted by molar-refractivity contribution is 6.30. The van der Waals surface area contributed by atoms with Crippen molar-refractivity contribution in [2.24, 2.45) is 0 Å². The largest absolute Gasteiger partial charge is 0.369 e. The molecular weight excluding hydrogens is 510 g/mol. The minimum Gasteiger partial charge on any atom is -0.369 e. The summed E-state index contributed by atoms with van der Waals surface area (Å²) in [6, 6.07) is 23.8. The molecule has 1 aliphatic rings. The molecule has 1 N–H and O–H groups in total. The van der Waals surface area contributed by atoms with Gasteiger partial charge in [-0.2, -0.15) is 0 Å². The summed E-state index contributed by atoms with van der Waals surface area (Å²) in [6.07, 6.45) is 0. The van der Waals surface area contributed by atoms with Crippen LogP contribution in [0.15, 0.2) is 77.6 Å². The standard InChI is InChI=1S/C30H30ClN7O/c1-20-11-12-24(31)18-26(20)36-13-15-37(16-14-36)28(25-17-23-10-6-7-21(2)27(23)32-30(25)39)29-33-34-35-38(29)19-22-8-4-3-5-9-22/h3-12,17-18,28H,13-16,19H2,1-2H3,(H,32,39)/t28-/m1/s1. The molecule has 0 bridgehead atoms. The molecule has 0 amide bonds. The molecule has 9 heteroatoms. The van der Waals surface area contributed by atoms with E-state index in [0.717, 1.165) is 58.9 Å². The van der Waals surface area contributed by atoms with Crippen molar-refractivity contribution in [2.75, 3.05) is 31.1 Å². The van der Waals surface area contributed by atoms with Crippen molar-refractivity contribution in [3.63, 3.8) is 0 Å². The fourth-order valence-electron chi connectivity index (χ4n) is 5.52. The fourth-order valence-corrected chi connectivity index (χ4v) is 5.69. The van der Waals surface area contributed by atoms with Gasteiger partial charge in [-0.25, -0.2) is 4.68 Å². The minimum absolute atomic E-state index is 0.121. The second-order valence-electron chi connectivity index (χ2n) is 10.1. The number of nitrogens with zero attached hydrogens (tertiary/aromatic N) is 6. The number of aromatic nitrogens is 5. The van der Waals surface area contributed by atoms with Gasteiger partial charge >= 0.3 is 0 Å². The molecule has 0 aliphatic carbocycles. The maximum absolute atomic E-state index is 13.6. The van der Waals surface area contributed by atoms with Crippen LogP contribution < -0.4 is 10.5 Å².